The Labute approximate surface area is 153 Å². The molecule has 7 heteroatoms. The fraction of sp³-hybridized carbons (Fsp3) is 0.526. The van der Waals surface area contributed by atoms with Gasteiger partial charge in [-0.1, -0.05) is 18.2 Å². The molecule has 3 rings (SSSR count). The monoisotopic (exact) mass is 359 g/mol. The highest BCUT2D eigenvalue weighted by molar-refractivity contribution is 6.35. The first kappa shape index (κ1) is 18.2. The fourth-order valence-corrected chi connectivity index (χ4v) is 3.09. The predicted octanol–water partition coefficient (Wildman–Crippen LogP) is 0.577. The highest BCUT2D eigenvalue weighted by Crippen LogP contribution is 2.20. The number of aryl methyl sites for hydroxylation is 1. The molecule has 0 atom stereocenters. The molecule has 3 amide bonds. The number of nitrogens with one attached hydrogen (secondary N) is 1. The maximum Gasteiger partial charge on any atom is 0.312 e. The second kappa shape index (κ2) is 8.21. The molecule has 1 heterocycles. The molecule has 0 unspecified atom stereocenters. The Bertz CT molecular complexity index is 679. The maximum absolute atomic E-state index is 12.4. The third-order valence-corrected chi connectivity index (χ3v) is 4.83. The number of methoxy groups -OCH3 is 1. The Morgan fingerprint density at radius 3 is 2.38 bits per heavy atom. The number of rotatable bonds is 5. The number of hydrogen-bond donors (Lipinski definition) is 1. The van der Waals surface area contributed by atoms with Crippen LogP contribution in [0.2, 0.25) is 0 Å². The number of carbonyl (C=O) groups is 3. The van der Waals surface area contributed by atoms with E-state index in [2.05, 4.69) is 5.32 Å². The van der Waals surface area contributed by atoms with E-state index >= 15 is 0 Å². The summed E-state index contributed by atoms with van der Waals surface area (Å²) < 4.78 is 5.31. The highest BCUT2D eigenvalue weighted by atomic mass is 16.5. The molecule has 7 nitrogen and oxygen atoms in total. The van der Waals surface area contributed by atoms with Crippen LogP contribution >= 0.6 is 0 Å². The van der Waals surface area contributed by atoms with Crippen LogP contribution in [0.25, 0.3) is 0 Å². The SMILES string of the molecule is COc1ccccc1CCC(=O)N1CCN(C(=O)C(=O)NC2CC2)CC1. The molecule has 1 aliphatic carbocycles. The van der Waals surface area contributed by atoms with E-state index in [1.54, 1.807) is 12.0 Å². The second-order valence-electron chi connectivity index (χ2n) is 6.73. The van der Waals surface area contributed by atoms with E-state index in [9.17, 15) is 14.4 Å². The van der Waals surface area contributed by atoms with Crippen molar-refractivity contribution < 1.29 is 19.1 Å². The molecule has 0 aromatic heterocycles. The van der Waals surface area contributed by atoms with Gasteiger partial charge in [0.25, 0.3) is 0 Å². The fourth-order valence-electron chi connectivity index (χ4n) is 3.09. The van der Waals surface area contributed by atoms with Gasteiger partial charge >= 0.3 is 11.8 Å². The first-order valence-corrected chi connectivity index (χ1v) is 9.08. The molecule has 26 heavy (non-hydrogen) atoms. The highest BCUT2D eigenvalue weighted by Gasteiger charge is 2.31. The number of piperazine rings is 1. The Hall–Kier alpha value is -2.57. The molecule has 140 valence electrons. The predicted molar refractivity (Wildman–Crippen MR) is 95.6 cm³/mol. The largest absolute Gasteiger partial charge is 0.496 e. The Morgan fingerprint density at radius 2 is 1.73 bits per heavy atom. The van der Waals surface area contributed by atoms with Crippen molar-refractivity contribution in [3.63, 3.8) is 0 Å². The number of amides is 3. The first-order chi connectivity index (χ1) is 12.6. The van der Waals surface area contributed by atoms with Gasteiger partial charge in [0.2, 0.25) is 5.91 Å². The standard InChI is InChI=1S/C19H25N3O4/c1-26-16-5-3-2-4-14(16)6-9-17(23)21-10-12-22(13-11-21)19(25)18(24)20-15-7-8-15/h2-5,15H,6-13H2,1H3,(H,20,24). The summed E-state index contributed by atoms with van der Waals surface area (Å²) in [5.74, 6) is -0.163. The van der Waals surface area contributed by atoms with Crippen LogP contribution in [0.15, 0.2) is 24.3 Å². The van der Waals surface area contributed by atoms with Crippen LogP contribution in [-0.4, -0.2) is 66.9 Å². The summed E-state index contributed by atoms with van der Waals surface area (Å²) in [6.07, 6.45) is 2.92. The van der Waals surface area contributed by atoms with E-state index in [0.29, 0.717) is 39.0 Å². The smallest absolute Gasteiger partial charge is 0.312 e. The van der Waals surface area contributed by atoms with Gasteiger partial charge in [0.15, 0.2) is 0 Å². The minimum absolute atomic E-state index is 0.0606. The van der Waals surface area contributed by atoms with Gasteiger partial charge in [0.1, 0.15) is 5.75 Å². The van der Waals surface area contributed by atoms with Crippen molar-refractivity contribution in [2.75, 3.05) is 33.3 Å². The Kier molecular flexibility index (Phi) is 5.75. The van der Waals surface area contributed by atoms with Gasteiger partial charge in [-0.15, -0.1) is 0 Å². The summed E-state index contributed by atoms with van der Waals surface area (Å²) in [5, 5.41) is 2.71. The maximum atomic E-state index is 12.4. The van der Waals surface area contributed by atoms with Crippen LogP contribution < -0.4 is 10.1 Å². The molecule has 1 saturated heterocycles. The average Bonchev–Trinajstić information content (AvgIpc) is 3.49. The lowest BCUT2D eigenvalue weighted by atomic mass is 10.1. The minimum atomic E-state index is -0.525. The van der Waals surface area contributed by atoms with Crippen LogP contribution in [0, 0.1) is 0 Å². The summed E-state index contributed by atoms with van der Waals surface area (Å²) >= 11 is 0. The number of carbonyl (C=O) groups excluding carboxylic acids is 3. The molecule has 1 aliphatic heterocycles. The van der Waals surface area contributed by atoms with E-state index in [4.69, 9.17) is 4.74 Å². The molecule has 2 fully saturated rings. The molecule has 1 saturated carbocycles. The van der Waals surface area contributed by atoms with Crippen molar-refractivity contribution in [3.05, 3.63) is 29.8 Å². The van der Waals surface area contributed by atoms with E-state index in [1.807, 2.05) is 24.3 Å². The quantitative estimate of drug-likeness (QED) is 0.780. The van der Waals surface area contributed by atoms with Gasteiger partial charge in [-0.05, 0) is 30.9 Å². The van der Waals surface area contributed by atoms with E-state index < -0.39 is 11.8 Å². The van der Waals surface area contributed by atoms with E-state index in [1.165, 1.54) is 4.90 Å². The summed E-state index contributed by atoms with van der Waals surface area (Å²) in [4.78, 5) is 39.7. The van der Waals surface area contributed by atoms with Crippen LogP contribution in [0.3, 0.4) is 0 Å². The van der Waals surface area contributed by atoms with Crippen molar-refractivity contribution in [2.24, 2.45) is 0 Å². The lowest BCUT2D eigenvalue weighted by Gasteiger charge is -2.34. The average molecular weight is 359 g/mol. The van der Waals surface area contributed by atoms with Crippen LogP contribution in [0.4, 0.5) is 0 Å². The Morgan fingerprint density at radius 1 is 1.08 bits per heavy atom. The molecule has 0 radical (unpaired) electrons. The third-order valence-electron chi connectivity index (χ3n) is 4.83. The van der Waals surface area contributed by atoms with Gasteiger partial charge < -0.3 is 19.9 Å². The zero-order chi connectivity index (χ0) is 18.5. The van der Waals surface area contributed by atoms with Crippen molar-refractivity contribution in [2.45, 2.75) is 31.7 Å². The molecule has 0 spiro atoms. The zero-order valence-electron chi connectivity index (χ0n) is 15.1. The van der Waals surface area contributed by atoms with Gasteiger partial charge in [-0.3, -0.25) is 14.4 Å². The first-order valence-electron chi connectivity index (χ1n) is 9.08. The Balaban J connectivity index is 1.44. The van der Waals surface area contributed by atoms with Crippen molar-refractivity contribution in [1.82, 2.24) is 15.1 Å². The minimum Gasteiger partial charge on any atom is -0.496 e. The van der Waals surface area contributed by atoms with Crippen LogP contribution in [0.5, 0.6) is 5.75 Å². The normalized spacial score (nSPS) is 17.0. The zero-order valence-corrected chi connectivity index (χ0v) is 15.1. The van der Waals surface area contributed by atoms with Gasteiger partial charge in [-0.25, -0.2) is 0 Å². The van der Waals surface area contributed by atoms with Crippen LogP contribution in [0.1, 0.15) is 24.8 Å². The molecule has 2 aliphatic rings. The molecule has 1 aromatic rings. The van der Waals surface area contributed by atoms with Crippen molar-refractivity contribution >= 4 is 17.7 Å². The summed E-state index contributed by atoms with van der Waals surface area (Å²) in [6.45, 7) is 1.73. The summed E-state index contributed by atoms with van der Waals surface area (Å²) in [5.41, 5.74) is 1.01. The number of benzene rings is 1. The molecule has 1 aromatic carbocycles. The number of para-hydroxylation sites is 1. The van der Waals surface area contributed by atoms with Crippen LogP contribution in [-0.2, 0) is 20.8 Å². The molecular formula is C19H25N3O4. The molecular weight excluding hydrogens is 334 g/mol. The van der Waals surface area contributed by atoms with Crippen molar-refractivity contribution in [3.8, 4) is 5.75 Å². The lowest BCUT2D eigenvalue weighted by Crippen LogP contribution is -2.54. The molecule has 0 bridgehead atoms. The second-order valence-corrected chi connectivity index (χ2v) is 6.73. The summed E-state index contributed by atoms with van der Waals surface area (Å²) in [7, 11) is 1.62. The molecule has 1 N–H and O–H groups in total. The van der Waals surface area contributed by atoms with Gasteiger partial charge in [0, 0.05) is 38.6 Å². The number of nitrogens with zero attached hydrogens (tertiary/aromatic N) is 2. The van der Waals surface area contributed by atoms with Gasteiger partial charge in [0.05, 0.1) is 7.11 Å². The van der Waals surface area contributed by atoms with Gasteiger partial charge in [-0.2, -0.15) is 0 Å². The number of hydrogen-bond acceptors (Lipinski definition) is 4. The third kappa shape index (κ3) is 4.53. The summed E-state index contributed by atoms with van der Waals surface area (Å²) in [6, 6.07) is 7.85. The van der Waals surface area contributed by atoms with E-state index in [-0.39, 0.29) is 11.9 Å². The van der Waals surface area contributed by atoms with E-state index in [0.717, 1.165) is 24.2 Å². The number of ether oxygens (including phenoxy) is 1. The lowest BCUT2D eigenvalue weighted by molar-refractivity contribution is -0.148. The topological polar surface area (TPSA) is 79.0 Å². The van der Waals surface area contributed by atoms with Crippen molar-refractivity contribution in [1.29, 1.82) is 0 Å².